The van der Waals surface area contributed by atoms with E-state index in [0.717, 1.165) is 43.1 Å². The molecule has 0 atom stereocenters. The van der Waals surface area contributed by atoms with Gasteiger partial charge in [-0.05, 0) is 43.3 Å². The second-order valence-corrected chi connectivity index (χ2v) is 6.41. The number of anilines is 1. The first kappa shape index (κ1) is 19.7. The summed E-state index contributed by atoms with van der Waals surface area (Å²) in [4.78, 5) is 12.8. The molecule has 0 saturated carbocycles. The van der Waals surface area contributed by atoms with E-state index in [-0.39, 0.29) is 0 Å². The van der Waals surface area contributed by atoms with E-state index >= 15 is 0 Å². The lowest BCUT2D eigenvalue weighted by Gasteiger charge is -2.23. The van der Waals surface area contributed by atoms with Crippen molar-refractivity contribution in [3.8, 4) is 0 Å². The minimum Gasteiger partial charge on any atom is -0.358 e. The van der Waals surface area contributed by atoms with Crippen molar-refractivity contribution >= 4 is 17.6 Å². The number of aromatic nitrogens is 1. The highest BCUT2D eigenvalue weighted by molar-refractivity contribution is 5.85. The summed E-state index contributed by atoms with van der Waals surface area (Å²) in [6.07, 6.45) is 3.73. The molecule has 4 nitrogen and oxygen atoms in total. The summed E-state index contributed by atoms with van der Waals surface area (Å²) in [6, 6.07) is 12.1. The average Bonchev–Trinajstić information content (AvgIpc) is 2.68. The molecule has 0 N–H and O–H groups in total. The van der Waals surface area contributed by atoms with E-state index in [2.05, 4.69) is 40.5 Å². The lowest BCUT2D eigenvalue weighted by atomic mass is 10.1. The fraction of sp³-hybridized carbons (Fsp3) is 0.364. The molecule has 1 heterocycles. The number of benzene rings is 1. The topological polar surface area (TPSA) is 23.7 Å². The molecule has 136 valence electrons. The number of nitrogens with zero attached hydrogens (tertiary/aromatic N) is 4. The van der Waals surface area contributed by atoms with Crippen LogP contribution in [0.25, 0.3) is 16.6 Å². The molecule has 0 aliphatic heterocycles. The Hall–Kier alpha value is -2.64. The zero-order chi connectivity index (χ0) is 18.9. The van der Waals surface area contributed by atoms with Crippen molar-refractivity contribution in [2.45, 2.75) is 20.8 Å². The Morgan fingerprint density at radius 1 is 1.08 bits per heavy atom. The van der Waals surface area contributed by atoms with E-state index in [4.69, 9.17) is 6.57 Å². The standard InChI is InChI=1S/C22H28N4/c1-6-26(7-2)15-14-25(5)22-13-10-19(17-24-22)16-21(23-4)20-11-8-18(3)9-12-20/h8-13,16-17H,6-7,14-15H2,1-3,5H3/b21-16-. The molecule has 4 heteroatoms. The van der Waals surface area contributed by atoms with Crippen molar-refractivity contribution in [2.75, 3.05) is 38.1 Å². The summed E-state index contributed by atoms with van der Waals surface area (Å²) in [7, 11) is 2.07. The van der Waals surface area contributed by atoms with Gasteiger partial charge >= 0.3 is 0 Å². The van der Waals surface area contributed by atoms with Gasteiger partial charge in [0.15, 0.2) is 5.70 Å². The molecular weight excluding hydrogens is 320 g/mol. The summed E-state index contributed by atoms with van der Waals surface area (Å²) < 4.78 is 0. The third-order valence-corrected chi connectivity index (χ3v) is 4.58. The normalized spacial score (nSPS) is 11.5. The maximum atomic E-state index is 7.47. The van der Waals surface area contributed by atoms with Crippen molar-refractivity contribution in [1.29, 1.82) is 0 Å². The largest absolute Gasteiger partial charge is 0.358 e. The second kappa shape index (κ2) is 9.74. The van der Waals surface area contributed by atoms with Crippen LogP contribution in [0.3, 0.4) is 0 Å². The monoisotopic (exact) mass is 348 g/mol. The van der Waals surface area contributed by atoms with Gasteiger partial charge in [0, 0.05) is 26.3 Å². The van der Waals surface area contributed by atoms with Gasteiger partial charge in [0.1, 0.15) is 5.82 Å². The van der Waals surface area contributed by atoms with Gasteiger partial charge in [-0.15, -0.1) is 0 Å². The fourth-order valence-electron chi connectivity index (χ4n) is 2.72. The molecule has 2 aromatic rings. The van der Waals surface area contributed by atoms with Gasteiger partial charge in [0.05, 0.1) is 6.57 Å². The maximum absolute atomic E-state index is 7.47. The molecule has 0 fully saturated rings. The van der Waals surface area contributed by atoms with E-state index in [9.17, 15) is 0 Å². The minimum atomic E-state index is 0.634. The van der Waals surface area contributed by atoms with Gasteiger partial charge in [-0.25, -0.2) is 9.83 Å². The van der Waals surface area contributed by atoms with E-state index in [1.54, 1.807) is 0 Å². The molecule has 0 aliphatic carbocycles. The third kappa shape index (κ3) is 5.44. The predicted octanol–water partition coefficient (Wildman–Crippen LogP) is 4.59. The molecule has 0 amide bonds. The molecule has 26 heavy (non-hydrogen) atoms. The first-order valence-electron chi connectivity index (χ1n) is 9.13. The van der Waals surface area contributed by atoms with Crippen LogP contribution >= 0.6 is 0 Å². The molecule has 0 radical (unpaired) electrons. The van der Waals surface area contributed by atoms with Crippen LogP contribution in [0, 0.1) is 13.5 Å². The van der Waals surface area contributed by atoms with Gasteiger partial charge in [0.2, 0.25) is 0 Å². The molecule has 0 unspecified atom stereocenters. The minimum absolute atomic E-state index is 0.634. The highest BCUT2D eigenvalue weighted by Gasteiger charge is 2.06. The van der Waals surface area contributed by atoms with Crippen LogP contribution in [-0.2, 0) is 0 Å². The van der Waals surface area contributed by atoms with Crippen LogP contribution in [0.2, 0.25) is 0 Å². The quantitative estimate of drug-likeness (QED) is 0.652. The third-order valence-electron chi connectivity index (χ3n) is 4.58. The zero-order valence-electron chi connectivity index (χ0n) is 16.2. The van der Waals surface area contributed by atoms with Gasteiger partial charge in [-0.1, -0.05) is 49.7 Å². The number of hydrogen-bond donors (Lipinski definition) is 0. The maximum Gasteiger partial charge on any atom is 0.194 e. The van der Waals surface area contributed by atoms with E-state index in [1.165, 1.54) is 5.56 Å². The average molecular weight is 348 g/mol. The van der Waals surface area contributed by atoms with Crippen LogP contribution in [0.5, 0.6) is 0 Å². The van der Waals surface area contributed by atoms with Crippen LogP contribution in [0.1, 0.15) is 30.5 Å². The van der Waals surface area contributed by atoms with Crippen LogP contribution in [0.15, 0.2) is 42.6 Å². The predicted molar refractivity (Wildman–Crippen MR) is 111 cm³/mol. The van der Waals surface area contributed by atoms with Crippen molar-refractivity contribution in [1.82, 2.24) is 9.88 Å². The Morgan fingerprint density at radius 3 is 2.31 bits per heavy atom. The molecule has 1 aromatic carbocycles. The Labute approximate surface area is 157 Å². The number of rotatable bonds is 8. The first-order chi connectivity index (χ1) is 12.6. The van der Waals surface area contributed by atoms with E-state index in [0.29, 0.717) is 5.70 Å². The summed E-state index contributed by atoms with van der Waals surface area (Å²) >= 11 is 0. The Kier molecular flexibility index (Phi) is 7.37. The summed E-state index contributed by atoms with van der Waals surface area (Å²) in [6.45, 7) is 18.0. The summed E-state index contributed by atoms with van der Waals surface area (Å²) in [5, 5.41) is 0. The van der Waals surface area contributed by atoms with Crippen molar-refractivity contribution in [3.05, 3.63) is 70.7 Å². The zero-order valence-corrected chi connectivity index (χ0v) is 16.2. The Morgan fingerprint density at radius 2 is 1.77 bits per heavy atom. The summed E-state index contributed by atoms with van der Waals surface area (Å²) in [5.74, 6) is 0.953. The van der Waals surface area contributed by atoms with Gasteiger partial charge in [-0.3, -0.25) is 0 Å². The van der Waals surface area contributed by atoms with Crippen molar-refractivity contribution < 1.29 is 0 Å². The Balaban J connectivity index is 2.08. The van der Waals surface area contributed by atoms with E-state index < -0.39 is 0 Å². The fourth-order valence-corrected chi connectivity index (χ4v) is 2.72. The van der Waals surface area contributed by atoms with Gasteiger partial charge < -0.3 is 9.80 Å². The molecule has 1 aromatic heterocycles. The van der Waals surface area contributed by atoms with Gasteiger partial charge in [0.25, 0.3) is 0 Å². The number of hydrogen-bond acceptors (Lipinski definition) is 3. The molecule has 2 rings (SSSR count). The highest BCUT2D eigenvalue weighted by atomic mass is 15.2. The Bertz CT molecular complexity index is 750. The van der Waals surface area contributed by atoms with Crippen molar-refractivity contribution in [2.24, 2.45) is 0 Å². The molecule has 0 spiro atoms. The number of likely N-dealkylation sites (N-methyl/N-ethyl adjacent to an activating group) is 2. The number of pyridine rings is 1. The van der Waals surface area contributed by atoms with Crippen LogP contribution < -0.4 is 4.90 Å². The SMILES string of the molecule is [C-]#[N+]/C(=C\c1ccc(N(C)CCN(CC)CC)nc1)c1ccc(C)cc1. The van der Waals surface area contributed by atoms with Crippen molar-refractivity contribution in [3.63, 3.8) is 0 Å². The lowest BCUT2D eigenvalue weighted by Crippen LogP contribution is -2.33. The van der Waals surface area contributed by atoms with Gasteiger partial charge in [-0.2, -0.15) is 0 Å². The first-order valence-corrected chi connectivity index (χ1v) is 9.13. The molecule has 0 saturated heterocycles. The van der Waals surface area contributed by atoms with Crippen LogP contribution in [0.4, 0.5) is 5.82 Å². The summed E-state index contributed by atoms with van der Waals surface area (Å²) in [5.41, 5.74) is 3.70. The number of aryl methyl sites for hydroxylation is 1. The highest BCUT2D eigenvalue weighted by Crippen LogP contribution is 2.21. The second-order valence-electron chi connectivity index (χ2n) is 6.41. The smallest absolute Gasteiger partial charge is 0.194 e. The lowest BCUT2D eigenvalue weighted by molar-refractivity contribution is 0.311. The molecule has 0 aliphatic rings. The van der Waals surface area contributed by atoms with Crippen LogP contribution in [-0.4, -0.2) is 43.1 Å². The van der Waals surface area contributed by atoms with E-state index in [1.807, 2.05) is 55.6 Å². The molecular formula is C22H28N4. The molecule has 0 bridgehead atoms.